The van der Waals surface area contributed by atoms with Crippen LogP contribution in [0.15, 0.2) is 24.3 Å². The Balaban J connectivity index is 2.24. The summed E-state index contributed by atoms with van der Waals surface area (Å²) in [4.78, 5) is 25.8. The molecule has 1 heterocycles. The molecule has 0 aliphatic carbocycles. The molecule has 1 N–H and O–H groups in total. The summed E-state index contributed by atoms with van der Waals surface area (Å²) in [5, 5.41) is 2.78. The highest BCUT2D eigenvalue weighted by atomic mass is 16.6. The number of methoxy groups -OCH3 is 1. The van der Waals surface area contributed by atoms with E-state index in [0.29, 0.717) is 24.4 Å². The Hall–Kier alpha value is -2.08. The van der Waals surface area contributed by atoms with Crippen LogP contribution in [0, 0.1) is 0 Å². The van der Waals surface area contributed by atoms with Gasteiger partial charge in [0.25, 0.3) is 0 Å². The molecule has 120 valence electrons. The predicted octanol–water partition coefficient (Wildman–Crippen LogP) is 2.19. The second kappa shape index (κ2) is 6.36. The van der Waals surface area contributed by atoms with Crippen molar-refractivity contribution in [3.8, 4) is 0 Å². The highest BCUT2D eigenvalue weighted by Gasteiger charge is 2.32. The van der Waals surface area contributed by atoms with Gasteiger partial charge < -0.3 is 14.8 Å². The quantitative estimate of drug-likeness (QED) is 0.866. The number of carbonyl (C=O) groups excluding carboxylic acids is 2. The second-order valence-electron chi connectivity index (χ2n) is 6.22. The van der Waals surface area contributed by atoms with Crippen molar-refractivity contribution in [2.45, 2.75) is 32.4 Å². The van der Waals surface area contributed by atoms with Gasteiger partial charge in [0.05, 0.1) is 18.2 Å². The summed E-state index contributed by atoms with van der Waals surface area (Å²) >= 11 is 0. The van der Waals surface area contributed by atoms with Crippen LogP contribution >= 0.6 is 0 Å². The first-order valence-corrected chi connectivity index (χ1v) is 7.21. The first kappa shape index (κ1) is 16.3. The van der Waals surface area contributed by atoms with Gasteiger partial charge in [0.1, 0.15) is 5.60 Å². The molecule has 6 nitrogen and oxygen atoms in total. The van der Waals surface area contributed by atoms with Gasteiger partial charge in [-0.25, -0.2) is 9.59 Å². The summed E-state index contributed by atoms with van der Waals surface area (Å²) in [6, 6.07) is 6.60. The standard InChI is InChI=1S/C16H22N2O4/c1-16(2,3)22-14(19)11-6-5-7-12(8-11)18-13(10-21-4)9-17-15(18)20/h5-8,13H,9-10H2,1-4H3,(H,17,20). The average Bonchev–Trinajstić information content (AvgIpc) is 2.78. The lowest BCUT2D eigenvalue weighted by Crippen LogP contribution is -2.37. The van der Waals surface area contributed by atoms with Crippen LogP contribution in [0.2, 0.25) is 0 Å². The number of amides is 2. The molecule has 1 aromatic rings. The molecular weight excluding hydrogens is 284 g/mol. The zero-order valence-electron chi connectivity index (χ0n) is 13.4. The lowest BCUT2D eigenvalue weighted by Gasteiger charge is -2.23. The third-order valence-corrected chi connectivity index (χ3v) is 3.19. The minimum atomic E-state index is -0.559. The van der Waals surface area contributed by atoms with E-state index in [1.54, 1.807) is 36.3 Å². The molecule has 2 amide bonds. The third kappa shape index (κ3) is 3.76. The van der Waals surface area contributed by atoms with E-state index < -0.39 is 11.6 Å². The monoisotopic (exact) mass is 306 g/mol. The van der Waals surface area contributed by atoms with Gasteiger partial charge in [-0.2, -0.15) is 0 Å². The first-order valence-electron chi connectivity index (χ1n) is 7.21. The van der Waals surface area contributed by atoms with Crippen molar-refractivity contribution >= 4 is 17.7 Å². The number of hydrogen-bond acceptors (Lipinski definition) is 4. The number of hydrogen-bond donors (Lipinski definition) is 1. The maximum atomic E-state index is 12.2. The fourth-order valence-corrected chi connectivity index (χ4v) is 2.32. The lowest BCUT2D eigenvalue weighted by atomic mass is 10.1. The van der Waals surface area contributed by atoms with E-state index in [2.05, 4.69) is 5.32 Å². The molecular formula is C16H22N2O4. The largest absolute Gasteiger partial charge is 0.456 e. The van der Waals surface area contributed by atoms with Gasteiger partial charge in [0.2, 0.25) is 0 Å². The molecule has 1 atom stereocenters. The van der Waals surface area contributed by atoms with Crippen LogP contribution in [-0.2, 0) is 9.47 Å². The number of carbonyl (C=O) groups is 2. The van der Waals surface area contributed by atoms with Crippen molar-refractivity contribution < 1.29 is 19.1 Å². The van der Waals surface area contributed by atoms with Gasteiger partial charge in [-0.05, 0) is 39.0 Å². The molecule has 22 heavy (non-hydrogen) atoms. The Morgan fingerprint density at radius 1 is 1.41 bits per heavy atom. The number of benzene rings is 1. The fraction of sp³-hybridized carbons (Fsp3) is 0.500. The molecule has 1 aliphatic heterocycles. The number of ether oxygens (including phenoxy) is 2. The predicted molar refractivity (Wildman–Crippen MR) is 83.2 cm³/mol. The fourth-order valence-electron chi connectivity index (χ4n) is 2.32. The minimum Gasteiger partial charge on any atom is -0.456 e. The van der Waals surface area contributed by atoms with Gasteiger partial charge in [0.15, 0.2) is 0 Å². The van der Waals surface area contributed by atoms with E-state index in [1.165, 1.54) is 0 Å². The highest BCUT2D eigenvalue weighted by Crippen LogP contribution is 2.23. The van der Waals surface area contributed by atoms with Gasteiger partial charge in [0, 0.05) is 19.3 Å². The molecule has 6 heteroatoms. The summed E-state index contributed by atoms with van der Waals surface area (Å²) < 4.78 is 10.5. The van der Waals surface area contributed by atoms with Crippen molar-refractivity contribution in [1.29, 1.82) is 0 Å². The Labute approximate surface area is 130 Å². The summed E-state index contributed by atoms with van der Waals surface area (Å²) in [5.41, 5.74) is 0.514. The Kier molecular flexibility index (Phi) is 4.71. The van der Waals surface area contributed by atoms with Crippen LogP contribution in [0.4, 0.5) is 10.5 Å². The Morgan fingerprint density at radius 3 is 2.77 bits per heavy atom. The van der Waals surface area contributed by atoms with Crippen LogP contribution in [0.1, 0.15) is 31.1 Å². The lowest BCUT2D eigenvalue weighted by molar-refractivity contribution is 0.00695. The van der Waals surface area contributed by atoms with Crippen LogP contribution in [0.5, 0.6) is 0 Å². The van der Waals surface area contributed by atoms with Crippen molar-refractivity contribution in [2.24, 2.45) is 0 Å². The topological polar surface area (TPSA) is 67.9 Å². The summed E-state index contributed by atoms with van der Waals surface area (Å²) in [6.45, 7) is 6.39. The molecule has 0 radical (unpaired) electrons. The van der Waals surface area contributed by atoms with Gasteiger partial charge in [-0.1, -0.05) is 6.07 Å². The number of nitrogens with one attached hydrogen (secondary N) is 1. The summed E-state index contributed by atoms with van der Waals surface area (Å²) in [5.74, 6) is -0.405. The average molecular weight is 306 g/mol. The molecule has 0 saturated carbocycles. The van der Waals surface area contributed by atoms with Crippen molar-refractivity contribution in [3.05, 3.63) is 29.8 Å². The zero-order valence-corrected chi connectivity index (χ0v) is 13.4. The molecule has 0 aromatic heterocycles. The Bertz CT molecular complexity index is 566. The minimum absolute atomic E-state index is 0.0913. The third-order valence-electron chi connectivity index (χ3n) is 3.19. The number of anilines is 1. The van der Waals surface area contributed by atoms with E-state index in [1.807, 2.05) is 20.8 Å². The highest BCUT2D eigenvalue weighted by molar-refractivity contribution is 5.97. The zero-order chi connectivity index (χ0) is 16.3. The van der Waals surface area contributed by atoms with Gasteiger partial charge in [-0.15, -0.1) is 0 Å². The van der Waals surface area contributed by atoms with Gasteiger partial charge >= 0.3 is 12.0 Å². The molecule has 1 saturated heterocycles. The van der Waals surface area contributed by atoms with Crippen LogP contribution < -0.4 is 10.2 Å². The van der Waals surface area contributed by atoms with Crippen LogP contribution in [-0.4, -0.2) is 43.9 Å². The molecule has 1 aromatic carbocycles. The van der Waals surface area contributed by atoms with Crippen LogP contribution in [0.25, 0.3) is 0 Å². The number of esters is 1. The van der Waals surface area contributed by atoms with E-state index >= 15 is 0 Å². The van der Waals surface area contributed by atoms with Crippen molar-refractivity contribution in [1.82, 2.24) is 5.32 Å². The second-order valence-corrected chi connectivity index (χ2v) is 6.22. The molecule has 0 spiro atoms. The smallest absolute Gasteiger partial charge is 0.338 e. The number of urea groups is 1. The maximum Gasteiger partial charge on any atom is 0.338 e. The van der Waals surface area contributed by atoms with Crippen molar-refractivity contribution in [3.63, 3.8) is 0 Å². The van der Waals surface area contributed by atoms with E-state index in [0.717, 1.165) is 0 Å². The SMILES string of the molecule is COCC1CNC(=O)N1c1cccc(C(=O)OC(C)(C)C)c1. The summed E-state index contributed by atoms with van der Waals surface area (Å²) in [6.07, 6.45) is 0. The molecule has 1 fully saturated rings. The number of nitrogens with zero attached hydrogens (tertiary/aromatic N) is 1. The Morgan fingerprint density at radius 2 is 2.14 bits per heavy atom. The van der Waals surface area contributed by atoms with Crippen LogP contribution in [0.3, 0.4) is 0 Å². The molecule has 0 bridgehead atoms. The summed E-state index contributed by atoms with van der Waals surface area (Å²) in [7, 11) is 1.60. The normalized spacial score (nSPS) is 18.3. The van der Waals surface area contributed by atoms with E-state index in [4.69, 9.17) is 9.47 Å². The first-order chi connectivity index (χ1) is 10.3. The van der Waals surface area contributed by atoms with Crippen molar-refractivity contribution in [2.75, 3.05) is 25.2 Å². The number of rotatable bonds is 4. The molecule has 1 aliphatic rings. The maximum absolute atomic E-state index is 12.2. The molecule has 2 rings (SSSR count). The van der Waals surface area contributed by atoms with Gasteiger partial charge in [-0.3, -0.25) is 4.90 Å². The van der Waals surface area contributed by atoms with E-state index in [9.17, 15) is 9.59 Å². The molecule has 1 unspecified atom stereocenters. The van der Waals surface area contributed by atoms with E-state index in [-0.39, 0.29) is 12.1 Å².